The number of hydrogen-bond acceptors (Lipinski definition) is 2. The van der Waals surface area contributed by atoms with Gasteiger partial charge in [0.15, 0.2) is 5.06 Å². The molecular weight excluding hydrogens is 331 g/mol. The molecule has 0 aliphatic rings. The SMILES string of the molecule is COc1cc2c(CCl)ccc(I)c2s1. The lowest BCUT2D eigenvalue weighted by Gasteiger charge is -1.98. The van der Waals surface area contributed by atoms with Crippen LogP contribution in [0.2, 0.25) is 0 Å². The maximum absolute atomic E-state index is 5.87. The van der Waals surface area contributed by atoms with Crippen LogP contribution in [0.1, 0.15) is 5.56 Å². The van der Waals surface area contributed by atoms with E-state index in [-0.39, 0.29) is 0 Å². The van der Waals surface area contributed by atoms with E-state index < -0.39 is 0 Å². The third-order valence-corrected chi connectivity index (χ3v) is 4.73. The summed E-state index contributed by atoms with van der Waals surface area (Å²) in [5, 5.41) is 2.16. The number of benzene rings is 1. The number of thiophene rings is 1. The van der Waals surface area contributed by atoms with Crippen molar-refractivity contribution >= 4 is 55.6 Å². The van der Waals surface area contributed by atoms with Crippen LogP contribution in [0.4, 0.5) is 0 Å². The highest BCUT2D eigenvalue weighted by Gasteiger charge is 2.08. The first-order valence-corrected chi connectivity index (χ1v) is 6.50. The van der Waals surface area contributed by atoms with Gasteiger partial charge in [0, 0.05) is 14.8 Å². The highest BCUT2D eigenvalue weighted by molar-refractivity contribution is 14.1. The van der Waals surface area contributed by atoms with Crippen LogP contribution < -0.4 is 4.74 Å². The van der Waals surface area contributed by atoms with Crippen LogP contribution >= 0.6 is 45.5 Å². The van der Waals surface area contributed by atoms with Gasteiger partial charge in [-0.25, -0.2) is 0 Å². The van der Waals surface area contributed by atoms with Crippen LogP contribution in [0, 0.1) is 3.57 Å². The van der Waals surface area contributed by atoms with Crippen molar-refractivity contribution < 1.29 is 4.74 Å². The second-order valence-corrected chi connectivity index (χ2v) is 5.30. The molecule has 1 nitrogen and oxygen atoms in total. The van der Waals surface area contributed by atoms with Crippen molar-refractivity contribution in [1.29, 1.82) is 0 Å². The number of alkyl halides is 1. The van der Waals surface area contributed by atoms with Gasteiger partial charge in [-0.3, -0.25) is 0 Å². The average Bonchev–Trinajstić information content (AvgIpc) is 2.63. The molecule has 0 aliphatic carbocycles. The number of rotatable bonds is 2. The number of halogens is 2. The number of ether oxygens (including phenoxy) is 1. The molecule has 0 fully saturated rings. The topological polar surface area (TPSA) is 9.23 Å². The monoisotopic (exact) mass is 338 g/mol. The van der Waals surface area contributed by atoms with E-state index in [0.29, 0.717) is 5.88 Å². The van der Waals surface area contributed by atoms with Gasteiger partial charge in [0.1, 0.15) is 0 Å². The molecule has 0 radical (unpaired) electrons. The van der Waals surface area contributed by atoms with Gasteiger partial charge in [-0.15, -0.1) is 11.6 Å². The highest BCUT2D eigenvalue weighted by Crippen LogP contribution is 2.36. The zero-order valence-electron chi connectivity index (χ0n) is 7.51. The van der Waals surface area contributed by atoms with Crippen LogP contribution in [0.5, 0.6) is 5.06 Å². The standard InChI is InChI=1S/C10H8ClIOS/c1-13-9-4-7-6(5-11)2-3-8(12)10(7)14-9/h2-4H,5H2,1H3. The maximum Gasteiger partial charge on any atom is 0.174 e. The van der Waals surface area contributed by atoms with Crippen LogP contribution in [0.3, 0.4) is 0 Å². The summed E-state index contributed by atoms with van der Waals surface area (Å²) >= 11 is 9.87. The van der Waals surface area contributed by atoms with Crippen molar-refractivity contribution in [3.05, 3.63) is 27.3 Å². The quantitative estimate of drug-likeness (QED) is 0.587. The van der Waals surface area contributed by atoms with Crippen molar-refractivity contribution in [3.63, 3.8) is 0 Å². The molecule has 0 N–H and O–H groups in total. The fourth-order valence-corrected chi connectivity index (χ4v) is 3.30. The molecule has 0 aliphatic heterocycles. The molecule has 1 aromatic heterocycles. The minimum Gasteiger partial charge on any atom is -0.487 e. The highest BCUT2D eigenvalue weighted by atomic mass is 127. The lowest BCUT2D eigenvalue weighted by molar-refractivity contribution is 0.427. The number of fused-ring (bicyclic) bond motifs is 1. The molecule has 0 atom stereocenters. The zero-order valence-corrected chi connectivity index (χ0v) is 11.2. The van der Waals surface area contributed by atoms with Crippen LogP contribution in [0.15, 0.2) is 18.2 Å². The minimum absolute atomic E-state index is 0.549. The van der Waals surface area contributed by atoms with Crippen molar-refractivity contribution in [3.8, 4) is 5.06 Å². The first-order chi connectivity index (χ1) is 6.76. The summed E-state index contributed by atoms with van der Waals surface area (Å²) in [6.45, 7) is 0. The van der Waals surface area contributed by atoms with E-state index in [4.69, 9.17) is 16.3 Å². The first kappa shape index (κ1) is 10.5. The van der Waals surface area contributed by atoms with E-state index in [1.807, 2.05) is 0 Å². The molecule has 0 saturated heterocycles. The lowest BCUT2D eigenvalue weighted by Crippen LogP contribution is -1.80. The molecule has 2 aromatic rings. The Morgan fingerprint density at radius 1 is 1.50 bits per heavy atom. The molecule has 74 valence electrons. The van der Waals surface area contributed by atoms with Crippen molar-refractivity contribution in [2.75, 3.05) is 7.11 Å². The molecular formula is C10H8ClIOS. The molecule has 0 spiro atoms. The van der Waals surface area contributed by atoms with Gasteiger partial charge in [0.25, 0.3) is 0 Å². The summed E-state index contributed by atoms with van der Waals surface area (Å²) < 4.78 is 7.74. The van der Waals surface area contributed by atoms with E-state index in [1.165, 1.54) is 19.2 Å². The second-order valence-electron chi connectivity index (χ2n) is 2.85. The average molecular weight is 339 g/mol. The summed E-state index contributed by atoms with van der Waals surface area (Å²) in [4.78, 5) is 0. The van der Waals surface area contributed by atoms with E-state index in [1.54, 1.807) is 18.4 Å². The van der Waals surface area contributed by atoms with Crippen LogP contribution in [-0.2, 0) is 5.88 Å². The van der Waals surface area contributed by atoms with E-state index in [2.05, 4.69) is 40.8 Å². The summed E-state index contributed by atoms with van der Waals surface area (Å²) in [6.07, 6.45) is 0. The van der Waals surface area contributed by atoms with E-state index >= 15 is 0 Å². The van der Waals surface area contributed by atoms with Gasteiger partial charge in [0.2, 0.25) is 0 Å². The van der Waals surface area contributed by atoms with Gasteiger partial charge >= 0.3 is 0 Å². The summed E-state index contributed by atoms with van der Waals surface area (Å²) in [5.41, 5.74) is 1.17. The van der Waals surface area contributed by atoms with Gasteiger partial charge < -0.3 is 4.74 Å². The van der Waals surface area contributed by atoms with Crippen molar-refractivity contribution in [2.45, 2.75) is 5.88 Å². The van der Waals surface area contributed by atoms with Gasteiger partial charge in [0.05, 0.1) is 11.8 Å². The van der Waals surface area contributed by atoms with Gasteiger partial charge in [-0.2, -0.15) is 0 Å². The molecule has 14 heavy (non-hydrogen) atoms. The molecule has 0 amide bonds. The Morgan fingerprint density at radius 3 is 2.93 bits per heavy atom. The fraction of sp³-hybridized carbons (Fsp3) is 0.200. The maximum atomic E-state index is 5.87. The molecule has 2 rings (SSSR count). The third-order valence-electron chi connectivity index (χ3n) is 2.05. The third kappa shape index (κ3) is 1.73. The Bertz CT molecular complexity index is 466. The minimum atomic E-state index is 0.549. The number of methoxy groups -OCH3 is 1. The van der Waals surface area contributed by atoms with E-state index in [9.17, 15) is 0 Å². The lowest BCUT2D eigenvalue weighted by atomic mass is 10.1. The Kier molecular flexibility index (Phi) is 3.19. The summed E-state index contributed by atoms with van der Waals surface area (Å²) in [7, 11) is 1.69. The smallest absolute Gasteiger partial charge is 0.174 e. The Balaban J connectivity index is 2.74. The van der Waals surface area contributed by atoms with Gasteiger partial charge in [-0.1, -0.05) is 17.4 Å². The molecule has 4 heteroatoms. The normalized spacial score (nSPS) is 10.8. The molecule has 0 bridgehead atoms. The van der Waals surface area contributed by atoms with Crippen molar-refractivity contribution in [1.82, 2.24) is 0 Å². The zero-order chi connectivity index (χ0) is 10.1. The molecule has 1 heterocycles. The Labute approximate surface area is 105 Å². The predicted molar refractivity (Wildman–Crippen MR) is 70.7 cm³/mol. The molecule has 1 aromatic carbocycles. The fourth-order valence-electron chi connectivity index (χ4n) is 1.34. The Hall–Kier alpha value is -0.0000000000000000833. The molecule has 0 saturated carbocycles. The largest absolute Gasteiger partial charge is 0.487 e. The van der Waals surface area contributed by atoms with Gasteiger partial charge in [-0.05, 0) is 40.3 Å². The Morgan fingerprint density at radius 2 is 2.29 bits per heavy atom. The predicted octanol–water partition coefficient (Wildman–Crippen LogP) is 4.25. The summed E-state index contributed by atoms with van der Waals surface area (Å²) in [5.74, 6) is 0.549. The van der Waals surface area contributed by atoms with Crippen molar-refractivity contribution in [2.24, 2.45) is 0 Å². The van der Waals surface area contributed by atoms with E-state index in [0.717, 1.165) is 5.06 Å². The molecule has 0 unspecified atom stereocenters. The summed E-state index contributed by atoms with van der Waals surface area (Å²) in [6, 6.07) is 6.22. The first-order valence-electron chi connectivity index (χ1n) is 4.07. The van der Waals surface area contributed by atoms with Crippen LogP contribution in [0.25, 0.3) is 10.1 Å². The number of hydrogen-bond donors (Lipinski definition) is 0. The van der Waals surface area contributed by atoms with Crippen LogP contribution in [-0.4, -0.2) is 7.11 Å². The second kappa shape index (κ2) is 4.24.